The van der Waals surface area contributed by atoms with Crippen LogP contribution in [0.5, 0.6) is 0 Å². The lowest BCUT2D eigenvalue weighted by molar-refractivity contribution is 0.415. The van der Waals surface area contributed by atoms with E-state index in [1.165, 1.54) is 0 Å². The van der Waals surface area contributed by atoms with Gasteiger partial charge in [-0.2, -0.15) is 0 Å². The normalized spacial score (nSPS) is 17.6. The van der Waals surface area contributed by atoms with E-state index in [9.17, 15) is 5.11 Å². The molecule has 0 radical (unpaired) electrons. The van der Waals surface area contributed by atoms with Crippen LogP contribution in [0.15, 0.2) is 35.5 Å². The van der Waals surface area contributed by atoms with Crippen LogP contribution in [0.25, 0.3) is 0 Å². The fourth-order valence-electron chi connectivity index (χ4n) is 1.19. The van der Waals surface area contributed by atoms with Crippen molar-refractivity contribution in [1.82, 2.24) is 10.2 Å². The highest BCUT2D eigenvalue weighted by molar-refractivity contribution is 5.34. The Bertz CT molecular complexity index is 264. The van der Waals surface area contributed by atoms with Crippen molar-refractivity contribution in [2.75, 3.05) is 14.1 Å². The maximum Gasteiger partial charge on any atom is 0.133 e. The Morgan fingerprint density at radius 1 is 1.42 bits per heavy atom. The molecule has 0 unspecified atom stereocenters. The Kier molecular flexibility index (Phi) is 2.43. The van der Waals surface area contributed by atoms with Crippen molar-refractivity contribution < 1.29 is 5.11 Å². The highest BCUT2D eigenvalue weighted by Crippen LogP contribution is 2.13. The van der Waals surface area contributed by atoms with Crippen molar-refractivity contribution in [3.05, 3.63) is 35.5 Å². The third kappa shape index (κ3) is 1.81. The zero-order valence-corrected chi connectivity index (χ0v) is 7.63. The predicted octanol–water partition coefficient (Wildman–Crippen LogP) is 1.34. The molecule has 0 bridgehead atoms. The van der Waals surface area contributed by atoms with Crippen LogP contribution in [0.1, 0.15) is 6.92 Å². The van der Waals surface area contributed by atoms with Crippen LogP contribution in [0, 0.1) is 0 Å². The number of hydrogen-bond acceptors (Lipinski definition) is 3. The van der Waals surface area contributed by atoms with Crippen LogP contribution in [0.2, 0.25) is 0 Å². The van der Waals surface area contributed by atoms with Gasteiger partial charge in [-0.25, -0.2) is 0 Å². The summed E-state index contributed by atoms with van der Waals surface area (Å²) in [7, 11) is 3.72. The SMILES string of the molecule is CNC1=CC(O)=CN(C)C=C1C. The summed E-state index contributed by atoms with van der Waals surface area (Å²) in [5, 5.41) is 12.4. The number of aliphatic hydroxyl groups excluding tert-OH is 1. The second-order valence-electron chi connectivity index (χ2n) is 2.84. The van der Waals surface area contributed by atoms with E-state index in [-0.39, 0.29) is 5.76 Å². The minimum Gasteiger partial charge on any atom is -0.506 e. The summed E-state index contributed by atoms with van der Waals surface area (Å²) in [6.45, 7) is 1.99. The molecule has 0 atom stereocenters. The lowest BCUT2D eigenvalue weighted by Gasteiger charge is -2.08. The van der Waals surface area contributed by atoms with Crippen LogP contribution < -0.4 is 5.32 Å². The third-order valence-electron chi connectivity index (χ3n) is 1.72. The monoisotopic (exact) mass is 166 g/mol. The predicted molar refractivity (Wildman–Crippen MR) is 49.4 cm³/mol. The molecule has 0 saturated carbocycles. The molecule has 0 fully saturated rings. The zero-order chi connectivity index (χ0) is 9.14. The van der Waals surface area contributed by atoms with Gasteiger partial charge >= 0.3 is 0 Å². The van der Waals surface area contributed by atoms with Gasteiger partial charge < -0.3 is 15.3 Å². The van der Waals surface area contributed by atoms with E-state index in [0.29, 0.717) is 0 Å². The van der Waals surface area contributed by atoms with Gasteiger partial charge in [0.05, 0.1) is 0 Å². The van der Waals surface area contributed by atoms with Crippen LogP contribution in [0.4, 0.5) is 0 Å². The minimum absolute atomic E-state index is 0.259. The summed E-state index contributed by atoms with van der Waals surface area (Å²) < 4.78 is 0. The van der Waals surface area contributed by atoms with Crippen LogP contribution in [-0.4, -0.2) is 24.1 Å². The zero-order valence-electron chi connectivity index (χ0n) is 7.63. The number of allylic oxidation sites excluding steroid dienone is 2. The molecule has 0 aromatic heterocycles. The largest absolute Gasteiger partial charge is 0.506 e. The van der Waals surface area contributed by atoms with E-state index in [1.54, 1.807) is 12.3 Å². The molecule has 12 heavy (non-hydrogen) atoms. The average molecular weight is 166 g/mol. The molecular weight excluding hydrogens is 152 g/mol. The van der Waals surface area contributed by atoms with Crippen molar-refractivity contribution in [2.24, 2.45) is 0 Å². The summed E-state index contributed by atoms with van der Waals surface area (Å²) in [6.07, 6.45) is 5.31. The van der Waals surface area contributed by atoms with Gasteiger partial charge in [-0.3, -0.25) is 0 Å². The standard InChI is InChI=1S/C9H14N2O/c1-7-5-11(3)6-8(12)4-9(7)10-2/h4-6,10,12H,1-3H3. The molecule has 1 heterocycles. The molecule has 0 aromatic rings. The van der Waals surface area contributed by atoms with Crippen LogP contribution in [0.3, 0.4) is 0 Å². The van der Waals surface area contributed by atoms with Gasteiger partial charge in [-0.1, -0.05) is 0 Å². The topological polar surface area (TPSA) is 35.5 Å². The first-order valence-corrected chi connectivity index (χ1v) is 3.84. The summed E-state index contributed by atoms with van der Waals surface area (Å²) in [4.78, 5) is 1.82. The van der Waals surface area contributed by atoms with Crippen molar-refractivity contribution in [1.29, 1.82) is 0 Å². The van der Waals surface area contributed by atoms with Crippen LogP contribution >= 0.6 is 0 Å². The van der Waals surface area contributed by atoms with Crippen molar-refractivity contribution >= 4 is 0 Å². The highest BCUT2D eigenvalue weighted by Gasteiger charge is 2.04. The van der Waals surface area contributed by atoms with E-state index >= 15 is 0 Å². The van der Waals surface area contributed by atoms with Gasteiger partial charge in [0.25, 0.3) is 0 Å². The van der Waals surface area contributed by atoms with Gasteiger partial charge in [-0.05, 0) is 12.5 Å². The molecule has 1 rings (SSSR count). The Morgan fingerprint density at radius 3 is 2.67 bits per heavy atom. The van der Waals surface area contributed by atoms with E-state index in [2.05, 4.69) is 5.32 Å². The Balaban J connectivity index is 3.00. The molecule has 1 aliphatic heterocycles. The number of nitrogens with one attached hydrogen (secondary N) is 1. The van der Waals surface area contributed by atoms with Crippen molar-refractivity contribution in [3.63, 3.8) is 0 Å². The first kappa shape index (κ1) is 8.71. The first-order valence-electron chi connectivity index (χ1n) is 3.84. The second kappa shape index (κ2) is 3.34. The van der Waals surface area contributed by atoms with E-state index in [4.69, 9.17) is 0 Å². The summed E-state index contributed by atoms with van der Waals surface area (Å²) in [5.74, 6) is 0.259. The maximum absolute atomic E-state index is 9.35. The summed E-state index contributed by atoms with van der Waals surface area (Å²) >= 11 is 0. The molecule has 0 aromatic carbocycles. The average Bonchev–Trinajstić information content (AvgIpc) is 2.09. The summed E-state index contributed by atoms with van der Waals surface area (Å²) in [5.41, 5.74) is 2.04. The fourth-order valence-corrected chi connectivity index (χ4v) is 1.19. The molecule has 0 amide bonds. The highest BCUT2D eigenvalue weighted by atomic mass is 16.3. The smallest absolute Gasteiger partial charge is 0.133 e. The van der Waals surface area contributed by atoms with Gasteiger partial charge in [0, 0.05) is 38.3 Å². The molecule has 0 aliphatic carbocycles. The molecule has 3 heteroatoms. The number of likely N-dealkylation sites (N-methyl/N-ethyl adjacent to an activating group) is 1. The fraction of sp³-hybridized carbons (Fsp3) is 0.333. The Hall–Kier alpha value is -1.38. The number of rotatable bonds is 1. The van der Waals surface area contributed by atoms with Gasteiger partial charge in [0.15, 0.2) is 0 Å². The molecule has 1 aliphatic rings. The number of aliphatic hydroxyl groups is 1. The van der Waals surface area contributed by atoms with Crippen molar-refractivity contribution in [3.8, 4) is 0 Å². The summed E-state index contributed by atoms with van der Waals surface area (Å²) in [6, 6.07) is 0. The molecular formula is C9H14N2O. The third-order valence-corrected chi connectivity index (χ3v) is 1.72. The quantitative estimate of drug-likeness (QED) is 0.617. The van der Waals surface area contributed by atoms with Gasteiger partial charge in [0.1, 0.15) is 5.76 Å². The van der Waals surface area contributed by atoms with Gasteiger partial charge in [0.2, 0.25) is 0 Å². The first-order chi connectivity index (χ1) is 5.63. The molecule has 66 valence electrons. The maximum atomic E-state index is 9.35. The van der Waals surface area contributed by atoms with E-state index in [1.807, 2.05) is 32.1 Å². The molecule has 2 N–H and O–H groups in total. The molecule has 0 spiro atoms. The van der Waals surface area contributed by atoms with E-state index < -0.39 is 0 Å². The van der Waals surface area contributed by atoms with E-state index in [0.717, 1.165) is 11.3 Å². The minimum atomic E-state index is 0.259. The number of nitrogens with zero attached hydrogens (tertiary/aromatic N) is 1. The Morgan fingerprint density at radius 2 is 2.08 bits per heavy atom. The lowest BCUT2D eigenvalue weighted by atomic mass is 10.2. The molecule has 0 saturated heterocycles. The van der Waals surface area contributed by atoms with Gasteiger partial charge in [-0.15, -0.1) is 0 Å². The second-order valence-corrected chi connectivity index (χ2v) is 2.84. The Labute approximate surface area is 72.7 Å². The van der Waals surface area contributed by atoms with Crippen molar-refractivity contribution in [2.45, 2.75) is 6.92 Å². The molecule has 3 nitrogen and oxygen atoms in total. The van der Waals surface area contributed by atoms with Crippen LogP contribution in [-0.2, 0) is 0 Å². The number of hydrogen-bond donors (Lipinski definition) is 2. The lowest BCUT2D eigenvalue weighted by Crippen LogP contribution is -2.08.